The first-order valence-corrected chi connectivity index (χ1v) is 10.1. The van der Waals surface area contributed by atoms with Crippen molar-refractivity contribution < 1.29 is 19.0 Å². The van der Waals surface area contributed by atoms with Crippen molar-refractivity contribution in [2.75, 3.05) is 19.9 Å². The smallest absolute Gasteiger partial charge is 0.261 e. The number of carbonyl (C=O) groups excluding carboxylic acids is 1. The molecule has 0 radical (unpaired) electrons. The SMILES string of the molecule is O=C(NCCOc1ccc2c(c1)OCO2)c1cc2c(s1)-c1ccccc1CC2. The summed E-state index contributed by atoms with van der Waals surface area (Å²) in [4.78, 5) is 14.5. The molecular weight excluding hydrogens is 374 g/mol. The van der Waals surface area contributed by atoms with E-state index in [0.29, 0.717) is 24.7 Å². The van der Waals surface area contributed by atoms with Crippen molar-refractivity contribution in [2.24, 2.45) is 0 Å². The van der Waals surface area contributed by atoms with E-state index >= 15 is 0 Å². The third-order valence-corrected chi connectivity index (χ3v) is 6.17. The van der Waals surface area contributed by atoms with E-state index in [-0.39, 0.29) is 12.7 Å². The van der Waals surface area contributed by atoms with E-state index in [1.54, 1.807) is 17.4 Å². The van der Waals surface area contributed by atoms with E-state index in [2.05, 4.69) is 29.6 Å². The third kappa shape index (κ3) is 3.20. The second kappa shape index (κ2) is 7.20. The number of fused-ring (bicyclic) bond motifs is 4. The maximum Gasteiger partial charge on any atom is 0.261 e. The van der Waals surface area contributed by atoms with Crippen LogP contribution >= 0.6 is 11.3 Å². The molecule has 1 aliphatic carbocycles. The highest BCUT2D eigenvalue weighted by Crippen LogP contribution is 2.39. The Morgan fingerprint density at radius 1 is 1.04 bits per heavy atom. The molecule has 5 nitrogen and oxygen atoms in total. The minimum absolute atomic E-state index is 0.0498. The van der Waals surface area contributed by atoms with Gasteiger partial charge in [0.15, 0.2) is 11.5 Å². The summed E-state index contributed by atoms with van der Waals surface area (Å²) < 4.78 is 16.3. The lowest BCUT2D eigenvalue weighted by atomic mass is 9.91. The first-order chi connectivity index (χ1) is 13.8. The van der Waals surface area contributed by atoms with Crippen LogP contribution in [0.4, 0.5) is 0 Å². The van der Waals surface area contributed by atoms with E-state index in [4.69, 9.17) is 14.2 Å². The second-order valence-corrected chi connectivity index (χ2v) is 7.79. The Balaban J connectivity index is 1.19. The summed E-state index contributed by atoms with van der Waals surface area (Å²) in [6, 6.07) is 15.9. The Hall–Kier alpha value is -2.99. The molecule has 1 aromatic heterocycles. The summed E-state index contributed by atoms with van der Waals surface area (Å²) >= 11 is 1.57. The molecule has 1 aliphatic heterocycles. The number of benzene rings is 2. The second-order valence-electron chi connectivity index (χ2n) is 6.74. The number of hydrogen-bond acceptors (Lipinski definition) is 5. The molecule has 1 amide bonds. The maximum atomic E-state index is 12.5. The Kier molecular flexibility index (Phi) is 4.41. The first kappa shape index (κ1) is 17.1. The molecule has 0 saturated carbocycles. The summed E-state index contributed by atoms with van der Waals surface area (Å²) in [6.07, 6.45) is 2.02. The van der Waals surface area contributed by atoms with Crippen LogP contribution in [-0.4, -0.2) is 25.9 Å². The molecule has 3 aromatic rings. The number of ether oxygens (including phenoxy) is 3. The van der Waals surface area contributed by atoms with Crippen molar-refractivity contribution in [3.05, 3.63) is 64.5 Å². The van der Waals surface area contributed by atoms with Crippen LogP contribution in [0.1, 0.15) is 20.8 Å². The largest absolute Gasteiger partial charge is 0.492 e. The molecular formula is C22H19NO4S. The highest BCUT2D eigenvalue weighted by molar-refractivity contribution is 7.17. The molecule has 5 rings (SSSR count). The quantitative estimate of drug-likeness (QED) is 0.665. The molecule has 0 unspecified atom stereocenters. The van der Waals surface area contributed by atoms with E-state index in [1.807, 2.05) is 18.2 Å². The zero-order valence-corrected chi connectivity index (χ0v) is 16.0. The van der Waals surface area contributed by atoms with Gasteiger partial charge in [0.2, 0.25) is 6.79 Å². The molecule has 0 atom stereocenters. The molecule has 0 bridgehead atoms. The Labute approximate surface area is 166 Å². The average Bonchev–Trinajstić information content (AvgIpc) is 3.37. The number of rotatable bonds is 5. The number of amides is 1. The molecule has 2 heterocycles. The van der Waals surface area contributed by atoms with Gasteiger partial charge < -0.3 is 19.5 Å². The van der Waals surface area contributed by atoms with Crippen LogP contribution in [0.5, 0.6) is 17.2 Å². The van der Waals surface area contributed by atoms with Crippen LogP contribution in [0.25, 0.3) is 10.4 Å². The predicted molar refractivity (Wildman–Crippen MR) is 108 cm³/mol. The third-order valence-electron chi connectivity index (χ3n) is 4.96. The van der Waals surface area contributed by atoms with Crippen molar-refractivity contribution in [3.63, 3.8) is 0 Å². The predicted octanol–water partition coefficient (Wildman–Crippen LogP) is 4.05. The Morgan fingerprint density at radius 3 is 2.86 bits per heavy atom. The zero-order chi connectivity index (χ0) is 18.9. The maximum absolute atomic E-state index is 12.5. The van der Waals surface area contributed by atoms with Crippen molar-refractivity contribution in [2.45, 2.75) is 12.8 Å². The standard InChI is InChI=1S/C22H19NO4S/c24-22(23-9-10-25-16-7-8-18-19(12-16)27-13-26-18)20-11-15-6-5-14-3-1-2-4-17(14)21(15)28-20/h1-4,7-8,11-12H,5-6,9-10,13H2,(H,23,24). The van der Waals surface area contributed by atoms with Gasteiger partial charge in [0.05, 0.1) is 11.4 Å². The van der Waals surface area contributed by atoms with Crippen LogP contribution < -0.4 is 19.5 Å². The van der Waals surface area contributed by atoms with Gasteiger partial charge in [0.25, 0.3) is 5.91 Å². The van der Waals surface area contributed by atoms with Crippen LogP contribution in [0.15, 0.2) is 48.5 Å². The minimum atomic E-state index is -0.0498. The van der Waals surface area contributed by atoms with Gasteiger partial charge in [-0.3, -0.25) is 4.79 Å². The topological polar surface area (TPSA) is 56.8 Å². The van der Waals surface area contributed by atoms with Gasteiger partial charge in [0, 0.05) is 10.9 Å². The van der Waals surface area contributed by atoms with Gasteiger partial charge >= 0.3 is 0 Å². The fourth-order valence-electron chi connectivity index (χ4n) is 3.57. The minimum Gasteiger partial charge on any atom is -0.492 e. The number of aryl methyl sites for hydroxylation is 2. The molecule has 0 fully saturated rings. The monoisotopic (exact) mass is 393 g/mol. The van der Waals surface area contributed by atoms with Gasteiger partial charge in [-0.25, -0.2) is 0 Å². The van der Waals surface area contributed by atoms with E-state index in [1.165, 1.54) is 21.6 Å². The highest BCUT2D eigenvalue weighted by Gasteiger charge is 2.21. The number of carbonyl (C=O) groups is 1. The molecule has 0 saturated heterocycles. The van der Waals surface area contributed by atoms with Gasteiger partial charge in [-0.1, -0.05) is 24.3 Å². The Morgan fingerprint density at radius 2 is 1.89 bits per heavy atom. The first-order valence-electron chi connectivity index (χ1n) is 9.29. The molecule has 2 aliphatic rings. The van der Waals surface area contributed by atoms with Gasteiger partial charge in [-0.15, -0.1) is 11.3 Å². The van der Waals surface area contributed by atoms with Crippen LogP contribution in [0.2, 0.25) is 0 Å². The summed E-state index contributed by atoms with van der Waals surface area (Å²) in [7, 11) is 0. The van der Waals surface area contributed by atoms with Crippen LogP contribution in [0.3, 0.4) is 0 Å². The lowest BCUT2D eigenvalue weighted by Crippen LogP contribution is -2.27. The molecule has 0 spiro atoms. The van der Waals surface area contributed by atoms with Crippen molar-refractivity contribution in [1.29, 1.82) is 0 Å². The molecule has 6 heteroatoms. The fourth-order valence-corrected chi connectivity index (χ4v) is 4.76. The number of thiophene rings is 1. The van der Waals surface area contributed by atoms with Crippen LogP contribution in [-0.2, 0) is 12.8 Å². The molecule has 28 heavy (non-hydrogen) atoms. The van der Waals surface area contributed by atoms with Crippen molar-refractivity contribution >= 4 is 17.2 Å². The van der Waals surface area contributed by atoms with Crippen molar-refractivity contribution in [3.8, 4) is 27.7 Å². The lowest BCUT2D eigenvalue weighted by molar-refractivity contribution is 0.0951. The van der Waals surface area contributed by atoms with Crippen molar-refractivity contribution in [1.82, 2.24) is 5.32 Å². The fraction of sp³-hybridized carbons (Fsp3) is 0.227. The number of hydrogen-bond donors (Lipinski definition) is 1. The zero-order valence-electron chi connectivity index (χ0n) is 15.2. The number of nitrogens with one attached hydrogen (secondary N) is 1. The molecule has 1 N–H and O–H groups in total. The summed E-state index contributed by atoms with van der Waals surface area (Å²) in [5.74, 6) is 2.06. The average molecular weight is 393 g/mol. The summed E-state index contributed by atoms with van der Waals surface area (Å²) in [5.41, 5.74) is 3.89. The lowest BCUT2D eigenvalue weighted by Gasteiger charge is -2.15. The Bertz CT molecular complexity index is 1040. The van der Waals surface area contributed by atoms with E-state index in [9.17, 15) is 4.79 Å². The normalized spacial score (nSPS) is 13.6. The highest BCUT2D eigenvalue weighted by atomic mass is 32.1. The van der Waals surface area contributed by atoms with Crippen LogP contribution in [0, 0.1) is 0 Å². The van der Waals surface area contributed by atoms with Gasteiger partial charge in [-0.2, -0.15) is 0 Å². The molecule has 2 aromatic carbocycles. The van der Waals surface area contributed by atoms with E-state index < -0.39 is 0 Å². The molecule has 142 valence electrons. The van der Waals surface area contributed by atoms with Gasteiger partial charge in [0.1, 0.15) is 12.4 Å². The summed E-state index contributed by atoms with van der Waals surface area (Å²) in [5, 5.41) is 2.95. The van der Waals surface area contributed by atoms with E-state index in [0.717, 1.165) is 23.5 Å². The summed E-state index contributed by atoms with van der Waals surface area (Å²) in [6.45, 7) is 1.07. The van der Waals surface area contributed by atoms with Gasteiger partial charge in [-0.05, 0) is 47.7 Å².